The first-order valence-corrected chi connectivity index (χ1v) is 8.40. The van der Waals surface area contributed by atoms with E-state index in [4.69, 9.17) is 4.74 Å². The zero-order valence-corrected chi connectivity index (χ0v) is 15.4. The van der Waals surface area contributed by atoms with Gasteiger partial charge in [-0.3, -0.25) is 9.36 Å². The molecular weight excluding hydrogens is 318 g/mol. The SMILES string of the molecule is COC1C(C)(C)CN(C(=O)c2cccc(-n3cc[nH]c3=O)c2)C1(C)C. The zero-order chi connectivity index (χ0) is 18.4. The summed E-state index contributed by atoms with van der Waals surface area (Å²) in [5.41, 5.74) is 0.439. The van der Waals surface area contributed by atoms with E-state index < -0.39 is 5.54 Å². The number of likely N-dealkylation sites (tertiary alicyclic amines) is 1. The molecular formula is C19H25N3O3. The highest BCUT2D eigenvalue weighted by Gasteiger charge is 2.54. The average Bonchev–Trinajstić information content (AvgIpc) is 3.05. The minimum Gasteiger partial charge on any atom is -0.378 e. The molecule has 6 nitrogen and oxygen atoms in total. The molecule has 1 amide bonds. The fraction of sp³-hybridized carbons (Fsp3) is 0.474. The van der Waals surface area contributed by atoms with Gasteiger partial charge in [0, 0.05) is 37.0 Å². The molecule has 25 heavy (non-hydrogen) atoms. The standard InChI is InChI=1S/C19H25N3O3/c1-18(2)12-22(19(3,4)16(18)25-5)15(23)13-7-6-8-14(11-13)21-10-9-20-17(21)24/h6-11,16H,12H2,1-5H3,(H,20,24). The third kappa shape index (κ3) is 2.80. The van der Waals surface area contributed by atoms with Crippen molar-refractivity contribution in [3.05, 3.63) is 52.7 Å². The number of aromatic nitrogens is 2. The lowest BCUT2D eigenvalue weighted by atomic mass is 9.82. The van der Waals surface area contributed by atoms with E-state index in [1.165, 1.54) is 4.57 Å². The van der Waals surface area contributed by atoms with Crippen molar-refractivity contribution in [3.63, 3.8) is 0 Å². The maximum Gasteiger partial charge on any atom is 0.330 e. The quantitative estimate of drug-likeness (QED) is 0.931. The summed E-state index contributed by atoms with van der Waals surface area (Å²) in [5.74, 6) is -0.0527. The van der Waals surface area contributed by atoms with E-state index in [-0.39, 0.29) is 23.1 Å². The molecule has 1 saturated heterocycles. The number of methoxy groups -OCH3 is 1. The molecule has 0 saturated carbocycles. The van der Waals surface area contributed by atoms with Crippen molar-refractivity contribution in [2.75, 3.05) is 13.7 Å². The van der Waals surface area contributed by atoms with Crippen LogP contribution >= 0.6 is 0 Å². The summed E-state index contributed by atoms with van der Waals surface area (Å²) >= 11 is 0. The van der Waals surface area contributed by atoms with Gasteiger partial charge in [0.25, 0.3) is 5.91 Å². The van der Waals surface area contributed by atoms with Gasteiger partial charge < -0.3 is 14.6 Å². The number of benzene rings is 1. The van der Waals surface area contributed by atoms with Gasteiger partial charge in [-0.1, -0.05) is 19.9 Å². The lowest BCUT2D eigenvalue weighted by Gasteiger charge is -2.36. The first kappa shape index (κ1) is 17.5. The Hall–Kier alpha value is -2.34. The number of amides is 1. The van der Waals surface area contributed by atoms with Crippen LogP contribution < -0.4 is 5.69 Å². The molecule has 1 aliphatic rings. The lowest BCUT2D eigenvalue weighted by molar-refractivity contribution is -0.0147. The topological polar surface area (TPSA) is 67.3 Å². The average molecular weight is 343 g/mol. The minimum absolute atomic E-state index is 0.0527. The molecule has 0 spiro atoms. The number of nitrogens with one attached hydrogen (secondary N) is 1. The molecule has 3 rings (SSSR count). The number of carbonyl (C=O) groups is 1. The summed E-state index contributed by atoms with van der Waals surface area (Å²) < 4.78 is 7.19. The van der Waals surface area contributed by atoms with Crippen LogP contribution in [0.25, 0.3) is 5.69 Å². The van der Waals surface area contributed by atoms with Crippen LogP contribution in [-0.2, 0) is 4.74 Å². The van der Waals surface area contributed by atoms with Crippen LogP contribution in [0.4, 0.5) is 0 Å². The molecule has 1 aromatic carbocycles. The molecule has 2 aromatic rings. The van der Waals surface area contributed by atoms with Crippen molar-refractivity contribution in [3.8, 4) is 5.69 Å². The molecule has 134 valence electrons. The van der Waals surface area contributed by atoms with Crippen LogP contribution in [0.5, 0.6) is 0 Å². The van der Waals surface area contributed by atoms with Crippen LogP contribution in [-0.4, -0.2) is 45.7 Å². The Balaban J connectivity index is 1.97. The first-order chi connectivity index (χ1) is 11.7. The Morgan fingerprint density at radius 1 is 1.28 bits per heavy atom. The maximum absolute atomic E-state index is 13.2. The summed E-state index contributed by atoms with van der Waals surface area (Å²) in [6.45, 7) is 8.92. The van der Waals surface area contributed by atoms with Gasteiger partial charge in [-0.15, -0.1) is 0 Å². The van der Waals surface area contributed by atoms with Gasteiger partial charge in [0.1, 0.15) is 0 Å². The number of hydrogen-bond acceptors (Lipinski definition) is 3. The highest BCUT2D eigenvalue weighted by molar-refractivity contribution is 5.95. The molecule has 1 fully saturated rings. The Kier molecular flexibility index (Phi) is 4.11. The van der Waals surface area contributed by atoms with Gasteiger partial charge in [0.2, 0.25) is 0 Å². The van der Waals surface area contributed by atoms with Gasteiger partial charge in [-0.2, -0.15) is 0 Å². The van der Waals surface area contributed by atoms with E-state index in [9.17, 15) is 9.59 Å². The second kappa shape index (κ2) is 5.88. The van der Waals surface area contributed by atoms with Crippen molar-refractivity contribution in [2.45, 2.75) is 39.3 Å². The van der Waals surface area contributed by atoms with Gasteiger partial charge in [-0.25, -0.2) is 4.79 Å². The molecule has 0 aliphatic carbocycles. The molecule has 0 radical (unpaired) electrons. The van der Waals surface area contributed by atoms with E-state index in [0.717, 1.165) is 0 Å². The van der Waals surface area contributed by atoms with E-state index >= 15 is 0 Å². The largest absolute Gasteiger partial charge is 0.378 e. The number of carbonyl (C=O) groups excluding carboxylic acids is 1. The number of imidazole rings is 1. The van der Waals surface area contributed by atoms with Gasteiger partial charge in [0.15, 0.2) is 0 Å². The summed E-state index contributed by atoms with van der Waals surface area (Å²) in [6, 6.07) is 7.14. The zero-order valence-electron chi connectivity index (χ0n) is 15.4. The molecule has 0 bridgehead atoms. The predicted octanol–water partition coefficient (Wildman–Crippen LogP) is 2.44. The Morgan fingerprint density at radius 3 is 2.56 bits per heavy atom. The summed E-state index contributed by atoms with van der Waals surface area (Å²) in [7, 11) is 1.70. The first-order valence-electron chi connectivity index (χ1n) is 8.40. The minimum atomic E-state index is -0.420. The van der Waals surface area contributed by atoms with Gasteiger partial charge in [-0.05, 0) is 32.0 Å². The number of aromatic amines is 1. The van der Waals surface area contributed by atoms with Crippen molar-refractivity contribution in [1.82, 2.24) is 14.5 Å². The molecule has 6 heteroatoms. The van der Waals surface area contributed by atoms with Crippen molar-refractivity contribution < 1.29 is 9.53 Å². The molecule has 1 aliphatic heterocycles. The summed E-state index contributed by atoms with van der Waals surface area (Å²) in [5, 5.41) is 0. The number of nitrogens with zero attached hydrogens (tertiary/aromatic N) is 2. The van der Waals surface area contributed by atoms with Crippen LogP contribution in [0, 0.1) is 5.41 Å². The normalized spacial score (nSPS) is 21.5. The molecule has 1 N–H and O–H groups in total. The van der Waals surface area contributed by atoms with Crippen LogP contribution in [0.1, 0.15) is 38.1 Å². The maximum atomic E-state index is 13.2. The predicted molar refractivity (Wildman–Crippen MR) is 96.1 cm³/mol. The molecule has 2 heterocycles. The van der Waals surface area contributed by atoms with Crippen LogP contribution in [0.15, 0.2) is 41.5 Å². The molecule has 1 aromatic heterocycles. The molecule has 1 atom stereocenters. The lowest BCUT2D eigenvalue weighted by Crippen LogP contribution is -2.49. The van der Waals surface area contributed by atoms with Gasteiger partial charge >= 0.3 is 5.69 Å². The third-order valence-corrected chi connectivity index (χ3v) is 5.11. The fourth-order valence-corrected chi connectivity index (χ4v) is 4.20. The highest BCUT2D eigenvalue weighted by Crippen LogP contribution is 2.43. The smallest absolute Gasteiger partial charge is 0.330 e. The van der Waals surface area contributed by atoms with Crippen molar-refractivity contribution in [2.24, 2.45) is 5.41 Å². The number of hydrogen-bond donors (Lipinski definition) is 1. The fourth-order valence-electron chi connectivity index (χ4n) is 4.20. The monoisotopic (exact) mass is 343 g/mol. The molecule has 1 unspecified atom stereocenters. The second-order valence-electron chi connectivity index (χ2n) is 7.83. The van der Waals surface area contributed by atoms with Gasteiger partial charge in [0.05, 0.1) is 17.3 Å². The van der Waals surface area contributed by atoms with E-state index in [1.54, 1.807) is 37.7 Å². The van der Waals surface area contributed by atoms with E-state index in [2.05, 4.69) is 18.8 Å². The number of ether oxygens (including phenoxy) is 1. The Bertz CT molecular complexity index is 847. The van der Waals surface area contributed by atoms with Crippen molar-refractivity contribution >= 4 is 5.91 Å². The highest BCUT2D eigenvalue weighted by atomic mass is 16.5. The summed E-state index contributed by atoms with van der Waals surface area (Å²) in [6.07, 6.45) is 3.17. The summed E-state index contributed by atoms with van der Waals surface area (Å²) in [4.78, 5) is 29.5. The Morgan fingerprint density at radius 2 is 2.00 bits per heavy atom. The third-order valence-electron chi connectivity index (χ3n) is 5.11. The number of rotatable bonds is 3. The van der Waals surface area contributed by atoms with Crippen molar-refractivity contribution in [1.29, 1.82) is 0 Å². The second-order valence-corrected chi connectivity index (χ2v) is 7.83. The Labute approximate surface area is 147 Å². The van der Waals surface area contributed by atoms with Crippen LogP contribution in [0.3, 0.4) is 0 Å². The van der Waals surface area contributed by atoms with E-state index in [0.29, 0.717) is 17.8 Å². The number of H-pyrrole nitrogens is 1. The van der Waals surface area contributed by atoms with Crippen LogP contribution in [0.2, 0.25) is 0 Å². The van der Waals surface area contributed by atoms with E-state index in [1.807, 2.05) is 24.8 Å².